The van der Waals surface area contributed by atoms with Gasteiger partial charge in [-0.3, -0.25) is 4.79 Å². The summed E-state index contributed by atoms with van der Waals surface area (Å²) in [6.45, 7) is 6.98. The predicted molar refractivity (Wildman–Crippen MR) is 110 cm³/mol. The Balaban J connectivity index is 0.00000364. The number of nitrogens with two attached hydrogens (primary N) is 1. The van der Waals surface area contributed by atoms with Crippen molar-refractivity contribution in [2.45, 2.75) is 56.9 Å². The van der Waals surface area contributed by atoms with Gasteiger partial charge in [0.05, 0.1) is 16.4 Å². The first-order valence-electron chi connectivity index (χ1n) is 9.37. The summed E-state index contributed by atoms with van der Waals surface area (Å²) in [4.78, 5) is 13.0. The molecule has 1 aromatic carbocycles. The highest BCUT2D eigenvalue weighted by Gasteiger charge is 2.36. The second-order valence-corrected chi connectivity index (χ2v) is 9.13. The topological polar surface area (TPSA) is 92.5 Å². The fourth-order valence-corrected chi connectivity index (χ4v) is 4.89. The third kappa shape index (κ3) is 5.44. The van der Waals surface area contributed by atoms with Gasteiger partial charge in [-0.2, -0.15) is 4.31 Å². The predicted octanol–water partition coefficient (Wildman–Crippen LogP) is 2.45. The van der Waals surface area contributed by atoms with E-state index in [0.29, 0.717) is 25.9 Å². The molecule has 0 spiro atoms. The Morgan fingerprint density at radius 2 is 1.85 bits per heavy atom. The van der Waals surface area contributed by atoms with Crippen molar-refractivity contribution in [2.24, 2.45) is 11.7 Å². The standard InChI is InChI=1S/C19H31N3O3S.ClH/c1-4-19(5-2,14-20)21-18(23)16-7-6-12-22(13-16)26(24,25)17-10-8-15(3)9-11-17;/h8-11,16H,4-7,12-14,20H2,1-3H3,(H,21,23);1H. The smallest absolute Gasteiger partial charge is 0.243 e. The quantitative estimate of drug-likeness (QED) is 0.712. The van der Waals surface area contributed by atoms with Crippen LogP contribution in [0.4, 0.5) is 0 Å². The summed E-state index contributed by atoms with van der Waals surface area (Å²) in [6, 6.07) is 6.84. The Morgan fingerprint density at radius 1 is 1.26 bits per heavy atom. The molecule has 1 aliphatic heterocycles. The lowest BCUT2D eigenvalue weighted by molar-refractivity contribution is -0.128. The van der Waals surface area contributed by atoms with E-state index >= 15 is 0 Å². The molecule has 0 aliphatic carbocycles. The van der Waals surface area contributed by atoms with Crippen LogP contribution in [0.2, 0.25) is 0 Å². The van der Waals surface area contributed by atoms with Gasteiger partial charge in [0.1, 0.15) is 0 Å². The van der Waals surface area contributed by atoms with Gasteiger partial charge in [-0.25, -0.2) is 8.42 Å². The van der Waals surface area contributed by atoms with Crippen LogP contribution < -0.4 is 11.1 Å². The van der Waals surface area contributed by atoms with Gasteiger partial charge in [-0.15, -0.1) is 12.4 Å². The van der Waals surface area contributed by atoms with Crippen LogP contribution in [0.15, 0.2) is 29.2 Å². The van der Waals surface area contributed by atoms with Crippen molar-refractivity contribution in [1.29, 1.82) is 0 Å². The third-order valence-electron chi connectivity index (χ3n) is 5.55. The molecule has 1 atom stereocenters. The van der Waals surface area contributed by atoms with Gasteiger partial charge in [0.2, 0.25) is 15.9 Å². The number of hydrogen-bond acceptors (Lipinski definition) is 4. The van der Waals surface area contributed by atoms with Gasteiger partial charge < -0.3 is 11.1 Å². The molecular formula is C19H32ClN3O3S. The largest absolute Gasteiger partial charge is 0.349 e. The van der Waals surface area contributed by atoms with Crippen LogP contribution in [-0.2, 0) is 14.8 Å². The van der Waals surface area contributed by atoms with Crippen molar-refractivity contribution >= 4 is 28.3 Å². The van der Waals surface area contributed by atoms with Crippen molar-refractivity contribution in [3.05, 3.63) is 29.8 Å². The van der Waals surface area contributed by atoms with Crippen molar-refractivity contribution in [3.63, 3.8) is 0 Å². The molecule has 1 aromatic rings. The summed E-state index contributed by atoms with van der Waals surface area (Å²) < 4.78 is 27.2. The Labute approximate surface area is 169 Å². The molecule has 8 heteroatoms. The van der Waals surface area contributed by atoms with Crippen LogP contribution in [0.1, 0.15) is 45.1 Å². The molecule has 154 valence electrons. The van der Waals surface area contributed by atoms with Crippen molar-refractivity contribution < 1.29 is 13.2 Å². The number of benzene rings is 1. The lowest BCUT2D eigenvalue weighted by atomic mass is 9.90. The maximum absolute atomic E-state index is 12.9. The van der Waals surface area contributed by atoms with Gasteiger partial charge in [-0.1, -0.05) is 31.5 Å². The number of sulfonamides is 1. The number of piperidine rings is 1. The molecule has 1 amide bonds. The Hall–Kier alpha value is -1.15. The van der Waals surface area contributed by atoms with Crippen LogP contribution in [0, 0.1) is 12.8 Å². The lowest BCUT2D eigenvalue weighted by Crippen LogP contribution is -2.56. The number of aryl methyl sites for hydroxylation is 1. The number of carbonyl (C=O) groups is 1. The minimum absolute atomic E-state index is 0. The fourth-order valence-electron chi connectivity index (χ4n) is 3.36. The van der Waals surface area contributed by atoms with Crippen LogP contribution in [0.3, 0.4) is 0 Å². The van der Waals surface area contributed by atoms with E-state index in [1.54, 1.807) is 24.3 Å². The average Bonchev–Trinajstić information content (AvgIpc) is 2.66. The molecule has 0 radical (unpaired) electrons. The maximum atomic E-state index is 12.9. The highest BCUT2D eigenvalue weighted by Crippen LogP contribution is 2.25. The Bertz CT molecular complexity index is 710. The number of rotatable bonds is 7. The molecule has 1 heterocycles. The molecule has 1 unspecified atom stereocenters. The molecule has 27 heavy (non-hydrogen) atoms. The highest BCUT2D eigenvalue weighted by atomic mass is 35.5. The van der Waals surface area contributed by atoms with E-state index in [2.05, 4.69) is 5.32 Å². The third-order valence-corrected chi connectivity index (χ3v) is 7.43. The Morgan fingerprint density at radius 3 is 2.37 bits per heavy atom. The molecule has 0 saturated carbocycles. The van der Waals surface area contributed by atoms with E-state index < -0.39 is 15.6 Å². The highest BCUT2D eigenvalue weighted by molar-refractivity contribution is 7.89. The molecule has 6 nitrogen and oxygen atoms in total. The summed E-state index contributed by atoms with van der Waals surface area (Å²) in [6.07, 6.45) is 2.88. The molecular weight excluding hydrogens is 386 g/mol. The number of carbonyl (C=O) groups excluding carboxylic acids is 1. The van der Waals surface area contributed by atoms with Crippen molar-refractivity contribution in [3.8, 4) is 0 Å². The number of nitrogens with one attached hydrogen (secondary N) is 1. The second kappa shape index (κ2) is 9.87. The minimum Gasteiger partial charge on any atom is -0.349 e. The van der Waals surface area contributed by atoms with Gasteiger partial charge in [-0.05, 0) is 44.7 Å². The molecule has 2 rings (SSSR count). The van der Waals surface area contributed by atoms with Crippen LogP contribution in [0.25, 0.3) is 0 Å². The molecule has 0 aromatic heterocycles. The molecule has 1 saturated heterocycles. The average molecular weight is 418 g/mol. The molecule has 1 aliphatic rings. The maximum Gasteiger partial charge on any atom is 0.243 e. The van der Waals surface area contributed by atoms with Gasteiger partial charge in [0, 0.05) is 19.6 Å². The van der Waals surface area contributed by atoms with E-state index in [1.807, 2.05) is 20.8 Å². The summed E-state index contributed by atoms with van der Waals surface area (Å²) >= 11 is 0. The van der Waals surface area contributed by atoms with E-state index in [9.17, 15) is 13.2 Å². The van der Waals surface area contributed by atoms with E-state index in [1.165, 1.54) is 4.31 Å². The zero-order chi connectivity index (χ0) is 19.4. The monoisotopic (exact) mass is 417 g/mol. The Kier molecular flexibility index (Phi) is 8.73. The van der Waals surface area contributed by atoms with Gasteiger partial charge in [0.25, 0.3) is 0 Å². The lowest BCUT2D eigenvalue weighted by Gasteiger charge is -2.36. The molecule has 3 N–H and O–H groups in total. The SMILES string of the molecule is CCC(CC)(CN)NC(=O)C1CCCN(S(=O)(=O)c2ccc(C)cc2)C1.Cl. The number of nitrogens with zero attached hydrogens (tertiary/aromatic N) is 1. The number of amides is 1. The summed E-state index contributed by atoms with van der Waals surface area (Å²) in [5.41, 5.74) is 6.47. The van der Waals surface area contributed by atoms with Crippen LogP contribution >= 0.6 is 12.4 Å². The van der Waals surface area contributed by atoms with E-state index in [-0.39, 0.29) is 35.7 Å². The zero-order valence-electron chi connectivity index (χ0n) is 16.4. The first-order valence-corrected chi connectivity index (χ1v) is 10.8. The van der Waals surface area contributed by atoms with Crippen molar-refractivity contribution in [2.75, 3.05) is 19.6 Å². The van der Waals surface area contributed by atoms with Crippen LogP contribution in [-0.4, -0.2) is 43.8 Å². The fraction of sp³-hybridized carbons (Fsp3) is 0.632. The number of halogens is 1. The summed E-state index contributed by atoms with van der Waals surface area (Å²) in [7, 11) is -3.58. The van der Waals surface area contributed by atoms with E-state index in [4.69, 9.17) is 5.73 Å². The molecule has 1 fully saturated rings. The summed E-state index contributed by atoms with van der Waals surface area (Å²) in [5, 5.41) is 3.08. The first-order chi connectivity index (χ1) is 12.3. The van der Waals surface area contributed by atoms with Crippen molar-refractivity contribution in [1.82, 2.24) is 9.62 Å². The normalized spacial score (nSPS) is 18.6. The molecule has 0 bridgehead atoms. The van der Waals surface area contributed by atoms with Gasteiger partial charge in [0.15, 0.2) is 0 Å². The zero-order valence-corrected chi connectivity index (χ0v) is 18.0. The first kappa shape index (κ1) is 23.9. The van der Waals surface area contributed by atoms with Crippen LogP contribution in [0.5, 0.6) is 0 Å². The summed E-state index contributed by atoms with van der Waals surface area (Å²) in [5.74, 6) is -0.434. The number of hydrogen-bond donors (Lipinski definition) is 2. The second-order valence-electron chi connectivity index (χ2n) is 7.20. The van der Waals surface area contributed by atoms with E-state index in [0.717, 1.165) is 18.4 Å². The van der Waals surface area contributed by atoms with Gasteiger partial charge >= 0.3 is 0 Å². The minimum atomic E-state index is -3.58.